The lowest BCUT2D eigenvalue weighted by molar-refractivity contribution is 0.369. The Kier molecular flexibility index (Phi) is 7.63. The summed E-state index contributed by atoms with van der Waals surface area (Å²) in [6, 6.07) is 2.26. The summed E-state index contributed by atoms with van der Waals surface area (Å²) in [4.78, 5) is 8.95. The summed E-state index contributed by atoms with van der Waals surface area (Å²) < 4.78 is 7.39. The zero-order chi connectivity index (χ0) is 18.7. The maximum atomic E-state index is 5.36. The third-order valence-electron chi connectivity index (χ3n) is 4.55. The normalized spacial score (nSPS) is 17.0. The second-order valence-electron chi connectivity index (χ2n) is 7.40. The molecule has 0 aliphatic carbocycles. The molecule has 3 heterocycles. The first kappa shape index (κ1) is 21.6. The number of aromatic nitrogens is 4. The summed E-state index contributed by atoms with van der Waals surface area (Å²) in [7, 11) is 1.77. The van der Waals surface area contributed by atoms with Crippen LogP contribution in [0.4, 0.5) is 0 Å². The lowest BCUT2D eigenvalue weighted by atomic mass is 10.1. The van der Waals surface area contributed by atoms with Crippen molar-refractivity contribution in [3.05, 3.63) is 29.2 Å². The fourth-order valence-electron chi connectivity index (χ4n) is 2.93. The molecule has 1 aliphatic rings. The van der Waals surface area contributed by atoms with Crippen LogP contribution in [0.3, 0.4) is 0 Å². The Morgan fingerprint density at radius 1 is 1.33 bits per heavy atom. The van der Waals surface area contributed by atoms with E-state index < -0.39 is 0 Å². The van der Waals surface area contributed by atoms with Crippen LogP contribution in [0.5, 0.6) is 0 Å². The van der Waals surface area contributed by atoms with Crippen LogP contribution in [0.15, 0.2) is 15.6 Å². The number of nitrogens with one attached hydrogen (secondary N) is 2. The molecule has 0 radical (unpaired) electrons. The Balaban J connectivity index is 0.00000261. The number of halogens is 1. The zero-order valence-corrected chi connectivity index (χ0v) is 19.0. The van der Waals surface area contributed by atoms with Crippen molar-refractivity contribution in [3.8, 4) is 0 Å². The van der Waals surface area contributed by atoms with Crippen LogP contribution in [0.1, 0.15) is 69.1 Å². The van der Waals surface area contributed by atoms with Crippen molar-refractivity contribution in [2.45, 2.75) is 71.5 Å². The van der Waals surface area contributed by atoms with Gasteiger partial charge in [0.1, 0.15) is 5.82 Å². The number of nitrogens with zero attached hydrogens (tertiary/aromatic N) is 5. The van der Waals surface area contributed by atoms with Crippen LogP contribution < -0.4 is 10.6 Å². The third-order valence-corrected chi connectivity index (χ3v) is 4.55. The summed E-state index contributed by atoms with van der Waals surface area (Å²) in [6.07, 6.45) is 1.94. The van der Waals surface area contributed by atoms with Gasteiger partial charge in [0.25, 0.3) is 0 Å². The van der Waals surface area contributed by atoms with Gasteiger partial charge in [-0.15, -0.1) is 24.0 Å². The van der Waals surface area contributed by atoms with Crippen molar-refractivity contribution in [2.24, 2.45) is 4.99 Å². The Hall–Kier alpha value is -1.65. The molecule has 3 rings (SSSR count). The monoisotopic (exact) mass is 487 g/mol. The summed E-state index contributed by atoms with van der Waals surface area (Å²) >= 11 is 0. The van der Waals surface area contributed by atoms with Gasteiger partial charge < -0.3 is 15.2 Å². The quantitative estimate of drug-likeness (QED) is 0.383. The van der Waals surface area contributed by atoms with Gasteiger partial charge >= 0.3 is 0 Å². The van der Waals surface area contributed by atoms with Crippen molar-refractivity contribution in [1.29, 1.82) is 0 Å². The van der Waals surface area contributed by atoms with Crippen LogP contribution in [0, 0.1) is 0 Å². The first-order valence-corrected chi connectivity index (χ1v) is 9.32. The third kappa shape index (κ3) is 5.43. The molecule has 27 heavy (non-hydrogen) atoms. The van der Waals surface area contributed by atoms with E-state index >= 15 is 0 Å². The molecule has 2 aromatic heterocycles. The van der Waals surface area contributed by atoms with E-state index in [1.807, 2.05) is 10.7 Å². The minimum absolute atomic E-state index is 0. The average molecular weight is 487 g/mol. The van der Waals surface area contributed by atoms with Crippen molar-refractivity contribution in [2.75, 3.05) is 7.05 Å². The standard InChI is InChI=1S/C18H29N7O.HI/c1-11(2)15-8-14(26-24-15)9-20-18(19-5)21-13-6-7-16-22-17(12(3)4)23-25(16)10-13;/h8,11-13H,6-7,9-10H2,1-5H3,(H2,19,20,21);1H. The Bertz CT molecular complexity index is 766. The second kappa shape index (κ2) is 9.52. The Labute approximate surface area is 177 Å². The first-order valence-electron chi connectivity index (χ1n) is 9.32. The van der Waals surface area contributed by atoms with E-state index in [-0.39, 0.29) is 30.0 Å². The molecule has 150 valence electrons. The second-order valence-corrected chi connectivity index (χ2v) is 7.40. The SMILES string of the molecule is CN=C(NCc1cc(C(C)C)no1)NC1CCc2nc(C(C)C)nn2C1.I. The highest BCUT2D eigenvalue weighted by Gasteiger charge is 2.23. The predicted molar refractivity (Wildman–Crippen MR) is 116 cm³/mol. The van der Waals surface area contributed by atoms with Crippen LogP contribution in [-0.2, 0) is 19.5 Å². The number of aliphatic imine (C=N–C) groups is 1. The maximum Gasteiger partial charge on any atom is 0.191 e. The maximum absolute atomic E-state index is 5.36. The fraction of sp³-hybridized carbons (Fsp3) is 0.667. The zero-order valence-electron chi connectivity index (χ0n) is 16.7. The largest absolute Gasteiger partial charge is 0.359 e. The highest BCUT2D eigenvalue weighted by atomic mass is 127. The molecule has 0 bridgehead atoms. The fourth-order valence-corrected chi connectivity index (χ4v) is 2.93. The molecular weight excluding hydrogens is 457 g/mol. The van der Waals surface area contributed by atoms with E-state index in [1.165, 1.54) is 0 Å². The van der Waals surface area contributed by atoms with E-state index in [9.17, 15) is 0 Å². The molecule has 1 atom stereocenters. The molecule has 2 N–H and O–H groups in total. The number of aryl methyl sites for hydroxylation is 1. The van der Waals surface area contributed by atoms with Gasteiger partial charge in [-0.3, -0.25) is 4.99 Å². The molecular formula is C18H30IN7O. The van der Waals surface area contributed by atoms with Gasteiger partial charge in [0.2, 0.25) is 0 Å². The molecule has 0 spiro atoms. The molecule has 1 aliphatic heterocycles. The van der Waals surface area contributed by atoms with E-state index in [0.29, 0.717) is 18.4 Å². The average Bonchev–Trinajstić information content (AvgIpc) is 3.25. The van der Waals surface area contributed by atoms with E-state index in [2.05, 4.69) is 58.6 Å². The summed E-state index contributed by atoms with van der Waals surface area (Å²) in [6.45, 7) is 9.80. The van der Waals surface area contributed by atoms with Crippen LogP contribution in [0.2, 0.25) is 0 Å². The Morgan fingerprint density at radius 2 is 2.11 bits per heavy atom. The van der Waals surface area contributed by atoms with Crippen molar-refractivity contribution in [3.63, 3.8) is 0 Å². The predicted octanol–water partition coefficient (Wildman–Crippen LogP) is 2.81. The molecule has 0 saturated carbocycles. The van der Waals surface area contributed by atoms with Crippen LogP contribution in [-0.4, -0.2) is 39.0 Å². The van der Waals surface area contributed by atoms with Crippen molar-refractivity contribution in [1.82, 2.24) is 30.6 Å². The van der Waals surface area contributed by atoms with Crippen LogP contribution in [0.25, 0.3) is 0 Å². The Morgan fingerprint density at radius 3 is 2.74 bits per heavy atom. The summed E-state index contributed by atoms with van der Waals surface area (Å²) in [5, 5.41) is 15.5. The van der Waals surface area contributed by atoms with Gasteiger partial charge in [-0.05, 0) is 12.3 Å². The molecule has 0 saturated heterocycles. The smallest absolute Gasteiger partial charge is 0.191 e. The molecule has 8 nitrogen and oxygen atoms in total. The lowest BCUT2D eigenvalue weighted by Gasteiger charge is -2.25. The topological polar surface area (TPSA) is 93.2 Å². The highest BCUT2D eigenvalue weighted by Crippen LogP contribution is 2.17. The van der Waals surface area contributed by atoms with E-state index in [0.717, 1.165) is 48.4 Å². The summed E-state index contributed by atoms with van der Waals surface area (Å²) in [5.74, 6) is 4.28. The van der Waals surface area contributed by atoms with Gasteiger partial charge in [0.05, 0.1) is 18.8 Å². The van der Waals surface area contributed by atoms with Crippen LogP contribution >= 0.6 is 24.0 Å². The van der Waals surface area contributed by atoms with E-state index in [1.54, 1.807) is 7.05 Å². The number of guanidine groups is 1. The number of rotatable bonds is 5. The van der Waals surface area contributed by atoms with Gasteiger partial charge in [-0.2, -0.15) is 5.10 Å². The van der Waals surface area contributed by atoms with Crippen molar-refractivity contribution >= 4 is 29.9 Å². The molecule has 1 unspecified atom stereocenters. The number of hydrogen-bond donors (Lipinski definition) is 2. The lowest BCUT2D eigenvalue weighted by Crippen LogP contribution is -2.46. The van der Waals surface area contributed by atoms with Gasteiger partial charge in [0.15, 0.2) is 17.5 Å². The summed E-state index contributed by atoms with van der Waals surface area (Å²) in [5.41, 5.74) is 0.969. The molecule has 2 aromatic rings. The van der Waals surface area contributed by atoms with E-state index in [4.69, 9.17) is 4.52 Å². The van der Waals surface area contributed by atoms with Gasteiger partial charge in [0, 0.05) is 31.5 Å². The number of hydrogen-bond acceptors (Lipinski definition) is 5. The minimum Gasteiger partial charge on any atom is -0.359 e. The molecule has 9 heteroatoms. The van der Waals surface area contributed by atoms with Crippen molar-refractivity contribution < 1.29 is 4.52 Å². The molecule has 0 fully saturated rings. The van der Waals surface area contributed by atoms with Gasteiger partial charge in [-0.25, -0.2) is 9.67 Å². The molecule has 0 aromatic carbocycles. The minimum atomic E-state index is 0. The molecule has 0 amide bonds. The number of fused-ring (bicyclic) bond motifs is 1. The first-order chi connectivity index (χ1) is 12.5. The van der Waals surface area contributed by atoms with Gasteiger partial charge in [-0.1, -0.05) is 32.9 Å². The highest BCUT2D eigenvalue weighted by molar-refractivity contribution is 14.0.